The van der Waals surface area contributed by atoms with Crippen LogP contribution in [0.3, 0.4) is 0 Å². The first-order chi connectivity index (χ1) is 6.70. The summed E-state index contributed by atoms with van der Waals surface area (Å²) in [5.41, 5.74) is 1.56. The summed E-state index contributed by atoms with van der Waals surface area (Å²) in [6.45, 7) is 0. The molecule has 4 heteroatoms. The van der Waals surface area contributed by atoms with Crippen molar-refractivity contribution in [2.75, 3.05) is 7.05 Å². The van der Waals surface area contributed by atoms with E-state index in [-0.39, 0.29) is 0 Å². The highest BCUT2D eigenvalue weighted by Gasteiger charge is 2.19. The number of hydrogen-bond donors (Lipinski definition) is 2. The van der Waals surface area contributed by atoms with Crippen LogP contribution in [-0.4, -0.2) is 18.1 Å². The third-order valence-corrected chi connectivity index (χ3v) is 2.33. The SMILES string of the molecule is CNC(C(=O)O)c1ccccc1CCl. The number of likely N-dealkylation sites (N-methyl/N-ethyl adjacent to an activating group) is 1. The number of carboxylic acids is 1. The molecule has 76 valence electrons. The van der Waals surface area contributed by atoms with Crippen LogP contribution in [0.5, 0.6) is 0 Å². The average Bonchev–Trinajstić information content (AvgIpc) is 2.19. The minimum atomic E-state index is -0.898. The topological polar surface area (TPSA) is 49.3 Å². The summed E-state index contributed by atoms with van der Waals surface area (Å²) in [5.74, 6) is -0.577. The van der Waals surface area contributed by atoms with Gasteiger partial charge in [0, 0.05) is 5.88 Å². The van der Waals surface area contributed by atoms with Crippen LogP contribution in [0.4, 0.5) is 0 Å². The van der Waals surface area contributed by atoms with E-state index >= 15 is 0 Å². The predicted molar refractivity (Wildman–Crippen MR) is 55.4 cm³/mol. The molecule has 14 heavy (non-hydrogen) atoms. The Balaban J connectivity index is 3.08. The number of rotatable bonds is 4. The second kappa shape index (κ2) is 4.98. The molecule has 0 saturated heterocycles. The fraction of sp³-hybridized carbons (Fsp3) is 0.300. The van der Waals surface area contributed by atoms with Crippen LogP contribution in [-0.2, 0) is 10.7 Å². The summed E-state index contributed by atoms with van der Waals surface area (Å²) in [7, 11) is 1.61. The molecule has 0 spiro atoms. The standard InChI is InChI=1S/C10H12ClNO2/c1-12-9(10(13)14)8-5-3-2-4-7(8)6-11/h2-5,9,12H,6H2,1H3,(H,13,14). The highest BCUT2D eigenvalue weighted by Crippen LogP contribution is 2.19. The lowest BCUT2D eigenvalue weighted by atomic mass is 10.0. The Morgan fingerprint density at radius 1 is 1.57 bits per heavy atom. The Bertz CT molecular complexity index is 328. The Morgan fingerprint density at radius 2 is 2.21 bits per heavy atom. The molecular formula is C10H12ClNO2. The van der Waals surface area contributed by atoms with Gasteiger partial charge in [0.05, 0.1) is 0 Å². The van der Waals surface area contributed by atoms with Gasteiger partial charge in [-0.3, -0.25) is 4.79 Å². The van der Waals surface area contributed by atoms with Gasteiger partial charge in [-0.2, -0.15) is 0 Å². The molecule has 0 aliphatic rings. The third-order valence-electron chi connectivity index (χ3n) is 2.05. The number of halogens is 1. The first-order valence-electron chi connectivity index (χ1n) is 4.24. The van der Waals surface area contributed by atoms with Crippen LogP contribution in [0.2, 0.25) is 0 Å². The van der Waals surface area contributed by atoms with Gasteiger partial charge in [0.2, 0.25) is 0 Å². The van der Waals surface area contributed by atoms with E-state index in [4.69, 9.17) is 16.7 Å². The van der Waals surface area contributed by atoms with E-state index in [1.807, 2.05) is 12.1 Å². The molecule has 0 bridgehead atoms. The van der Waals surface area contributed by atoms with Crippen molar-refractivity contribution in [3.8, 4) is 0 Å². The number of hydrogen-bond acceptors (Lipinski definition) is 2. The lowest BCUT2D eigenvalue weighted by Crippen LogP contribution is -2.25. The number of carboxylic acid groups (broad SMARTS) is 1. The normalized spacial score (nSPS) is 12.4. The summed E-state index contributed by atoms with van der Waals surface area (Å²) < 4.78 is 0. The summed E-state index contributed by atoms with van der Waals surface area (Å²) in [6, 6.07) is 6.56. The van der Waals surface area contributed by atoms with Gasteiger partial charge < -0.3 is 10.4 Å². The van der Waals surface area contributed by atoms with Crippen molar-refractivity contribution in [3.63, 3.8) is 0 Å². The predicted octanol–water partition coefficient (Wildman–Crippen LogP) is 1.77. The molecule has 1 aromatic carbocycles. The molecule has 0 amide bonds. The summed E-state index contributed by atoms with van der Waals surface area (Å²) in [5, 5.41) is 11.7. The molecule has 1 atom stereocenters. The first-order valence-corrected chi connectivity index (χ1v) is 4.78. The summed E-state index contributed by atoms with van der Waals surface area (Å²) in [4.78, 5) is 10.9. The van der Waals surface area contributed by atoms with Gasteiger partial charge in [-0.15, -0.1) is 11.6 Å². The maximum Gasteiger partial charge on any atom is 0.325 e. The molecular weight excluding hydrogens is 202 g/mol. The van der Waals surface area contributed by atoms with Gasteiger partial charge in [0.25, 0.3) is 0 Å². The smallest absolute Gasteiger partial charge is 0.325 e. The van der Waals surface area contributed by atoms with E-state index in [0.717, 1.165) is 11.1 Å². The van der Waals surface area contributed by atoms with Gasteiger partial charge in [0.15, 0.2) is 0 Å². The third kappa shape index (κ3) is 2.25. The maximum atomic E-state index is 10.9. The van der Waals surface area contributed by atoms with Crippen molar-refractivity contribution >= 4 is 17.6 Å². The highest BCUT2D eigenvalue weighted by molar-refractivity contribution is 6.17. The van der Waals surface area contributed by atoms with Crippen molar-refractivity contribution in [3.05, 3.63) is 35.4 Å². The summed E-state index contributed by atoms with van der Waals surface area (Å²) in [6.07, 6.45) is 0. The summed E-state index contributed by atoms with van der Waals surface area (Å²) >= 11 is 5.72. The van der Waals surface area contributed by atoms with Gasteiger partial charge in [-0.1, -0.05) is 24.3 Å². The fourth-order valence-electron chi connectivity index (χ4n) is 1.35. The van der Waals surface area contributed by atoms with E-state index in [1.165, 1.54) is 0 Å². The van der Waals surface area contributed by atoms with E-state index < -0.39 is 12.0 Å². The van der Waals surface area contributed by atoms with E-state index in [0.29, 0.717) is 5.88 Å². The minimum Gasteiger partial charge on any atom is -0.480 e. The lowest BCUT2D eigenvalue weighted by molar-refractivity contribution is -0.139. The second-order valence-electron chi connectivity index (χ2n) is 2.89. The Labute approximate surface area is 87.7 Å². The van der Waals surface area contributed by atoms with Gasteiger partial charge in [-0.25, -0.2) is 0 Å². The number of carbonyl (C=O) groups is 1. The van der Waals surface area contributed by atoms with Crippen LogP contribution < -0.4 is 5.32 Å². The molecule has 3 nitrogen and oxygen atoms in total. The maximum absolute atomic E-state index is 10.9. The quantitative estimate of drug-likeness (QED) is 0.750. The zero-order chi connectivity index (χ0) is 10.6. The van der Waals surface area contributed by atoms with Crippen LogP contribution in [0.25, 0.3) is 0 Å². The molecule has 1 aromatic rings. The molecule has 1 rings (SSSR count). The Kier molecular flexibility index (Phi) is 3.92. The molecule has 1 unspecified atom stereocenters. The van der Waals surface area contributed by atoms with Gasteiger partial charge >= 0.3 is 5.97 Å². The lowest BCUT2D eigenvalue weighted by Gasteiger charge is -2.14. The number of alkyl halides is 1. The van der Waals surface area contributed by atoms with Crippen molar-refractivity contribution in [1.82, 2.24) is 5.32 Å². The van der Waals surface area contributed by atoms with Crippen LogP contribution in [0.1, 0.15) is 17.2 Å². The largest absolute Gasteiger partial charge is 0.480 e. The van der Waals surface area contributed by atoms with Crippen molar-refractivity contribution in [1.29, 1.82) is 0 Å². The second-order valence-corrected chi connectivity index (χ2v) is 3.16. The fourth-order valence-corrected chi connectivity index (χ4v) is 1.59. The molecule has 0 aliphatic heterocycles. The average molecular weight is 214 g/mol. The van der Waals surface area contributed by atoms with E-state index in [1.54, 1.807) is 19.2 Å². The number of benzene rings is 1. The monoisotopic (exact) mass is 213 g/mol. The van der Waals surface area contributed by atoms with E-state index in [2.05, 4.69) is 5.32 Å². The highest BCUT2D eigenvalue weighted by atomic mass is 35.5. The first kappa shape index (κ1) is 11.0. The van der Waals surface area contributed by atoms with Crippen LogP contribution in [0, 0.1) is 0 Å². The molecule has 0 aliphatic carbocycles. The van der Waals surface area contributed by atoms with E-state index in [9.17, 15) is 4.79 Å². The van der Waals surface area contributed by atoms with Crippen molar-refractivity contribution in [2.45, 2.75) is 11.9 Å². The molecule has 0 heterocycles. The molecule has 0 radical (unpaired) electrons. The molecule has 2 N–H and O–H groups in total. The Morgan fingerprint density at radius 3 is 2.71 bits per heavy atom. The number of aliphatic carboxylic acids is 1. The van der Waals surface area contributed by atoms with Gasteiger partial charge in [-0.05, 0) is 18.2 Å². The van der Waals surface area contributed by atoms with Crippen LogP contribution in [0.15, 0.2) is 24.3 Å². The minimum absolute atomic E-state index is 0.321. The van der Waals surface area contributed by atoms with Gasteiger partial charge in [0.1, 0.15) is 6.04 Å². The Hall–Kier alpha value is -1.06. The molecule has 0 saturated carbocycles. The zero-order valence-corrected chi connectivity index (χ0v) is 8.58. The zero-order valence-electron chi connectivity index (χ0n) is 7.83. The molecule has 0 aromatic heterocycles. The van der Waals surface area contributed by atoms with Crippen molar-refractivity contribution < 1.29 is 9.90 Å². The van der Waals surface area contributed by atoms with Crippen LogP contribution >= 0.6 is 11.6 Å². The number of nitrogens with one attached hydrogen (secondary N) is 1. The van der Waals surface area contributed by atoms with Crippen molar-refractivity contribution in [2.24, 2.45) is 0 Å². The molecule has 0 fully saturated rings.